The molecule has 25 heavy (non-hydrogen) atoms. The number of rotatable bonds is 6. The number of aryl methyl sites for hydroxylation is 1. The number of benzene rings is 2. The lowest BCUT2D eigenvalue weighted by atomic mass is 10.2. The van der Waals surface area contributed by atoms with Gasteiger partial charge >= 0.3 is 0 Å². The smallest absolute Gasteiger partial charge is 0.221 e. The van der Waals surface area contributed by atoms with Crippen molar-refractivity contribution >= 4 is 12.2 Å². The molecule has 0 fully saturated rings. The summed E-state index contributed by atoms with van der Waals surface area (Å²) in [5.41, 5.74) is 8.58. The van der Waals surface area contributed by atoms with E-state index >= 15 is 0 Å². The van der Waals surface area contributed by atoms with Crippen molar-refractivity contribution in [2.75, 3.05) is 12.8 Å². The Bertz CT molecular complexity index is 869. The van der Waals surface area contributed by atoms with E-state index in [0.29, 0.717) is 12.6 Å². The highest BCUT2D eigenvalue weighted by atomic mass is 16.5. The van der Waals surface area contributed by atoms with Crippen molar-refractivity contribution in [3.05, 3.63) is 71.5 Å². The summed E-state index contributed by atoms with van der Waals surface area (Å²) in [6.45, 7) is 2.35. The fourth-order valence-corrected chi connectivity index (χ4v) is 2.30. The van der Waals surface area contributed by atoms with Gasteiger partial charge in [0.2, 0.25) is 5.95 Å². The van der Waals surface area contributed by atoms with E-state index in [-0.39, 0.29) is 0 Å². The Labute approximate surface area is 146 Å². The maximum Gasteiger partial charge on any atom is 0.221 e. The molecule has 0 aliphatic rings. The maximum atomic E-state index is 5.80. The lowest BCUT2D eigenvalue weighted by molar-refractivity contribution is 0.305. The molecule has 128 valence electrons. The minimum absolute atomic E-state index is 0.368. The van der Waals surface area contributed by atoms with E-state index in [4.69, 9.17) is 15.2 Å². The van der Waals surface area contributed by atoms with Crippen molar-refractivity contribution in [3.63, 3.8) is 0 Å². The first-order valence-corrected chi connectivity index (χ1v) is 7.85. The van der Waals surface area contributed by atoms with E-state index in [0.717, 1.165) is 28.3 Å². The molecule has 2 N–H and O–H groups in total. The van der Waals surface area contributed by atoms with Crippen LogP contribution >= 0.6 is 0 Å². The van der Waals surface area contributed by atoms with Gasteiger partial charge in [0.25, 0.3) is 0 Å². The van der Waals surface area contributed by atoms with Crippen LogP contribution in [-0.4, -0.2) is 23.0 Å². The molecule has 0 aliphatic heterocycles. The lowest BCUT2D eigenvalue weighted by Crippen LogP contribution is -1.97. The lowest BCUT2D eigenvalue weighted by Gasteiger charge is -2.08. The number of anilines is 1. The van der Waals surface area contributed by atoms with Crippen molar-refractivity contribution < 1.29 is 9.47 Å². The SMILES string of the molecule is COc1cccc(COc2ccc(C=Nn3cc(C)nc3N)cc2)c1. The van der Waals surface area contributed by atoms with Crippen molar-refractivity contribution in [2.45, 2.75) is 13.5 Å². The molecule has 6 heteroatoms. The summed E-state index contributed by atoms with van der Waals surface area (Å²) in [5.74, 6) is 1.98. The molecule has 3 aromatic rings. The number of hydrogen-bond donors (Lipinski definition) is 1. The number of hydrogen-bond acceptors (Lipinski definition) is 5. The molecule has 0 bridgehead atoms. The largest absolute Gasteiger partial charge is 0.497 e. The van der Waals surface area contributed by atoms with Gasteiger partial charge in [-0.1, -0.05) is 12.1 Å². The number of nitrogens with two attached hydrogens (primary N) is 1. The van der Waals surface area contributed by atoms with Crippen molar-refractivity contribution in [3.8, 4) is 11.5 Å². The Balaban J connectivity index is 1.61. The van der Waals surface area contributed by atoms with E-state index in [9.17, 15) is 0 Å². The molecule has 0 unspecified atom stereocenters. The van der Waals surface area contributed by atoms with Crippen LogP contribution in [0.15, 0.2) is 59.8 Å². The second kappa shape index (κ2) is 7.53. The van der Waals surface area contributed by atoms with Crippen molar-refractivity contribution in [1.29, 1.82) is 0 Å². The molecule has 0 aliphatic carbocycles. The number of methoxy groups -OCH3 is 1. The van der Waals surface area contributed by atoms with Crippen LogP contribution in [0.3, 0.4) is 0 Å². The number of nitrogen functional groups attached to an aromatic ring is 1. The van der Waals surface area contributed by atoms with Gasteiger partial charge in [-0.05, 0) is 54.4 Å². The zero-order valence-electron chi connectivity index (χ0n) is 14.2. The third-order valence-electron chi connectivity index (χ3n) is 3.59. The van der Waals surface area contributed by atoms with Gasteiger partial charge in [-0.15, -0.1) is 0 Å². The summed E-state index contributed by atoms with van der Waals surface area (Å²) >= 11 is 0. The van der Waals surface area contributed by atoms with Gasteiger partial charge in [-0.2, -0.15) is 5.10 Å². The van der Waals surface area contributed by atoms with Crippen LogP contribution in [0, 0.1) is 6.92 Å². The standard InChI is InChI=1S/C19H20N4O2/c1-14-12-23(19(20)22-14)21-11-15-6-8-17(9-7-15)25-13-16-4-3-5-18(10-16)24-2/h3-12H,13H2,1-2H3,(H2,20,22). The Hall–Kier alpha value is -3.28. The van der Waals surface area contributed by atoms with Crippen LogP contribution in [0.1, 0.15) is 16.8 Å². The predicted molar refractivity (Wildman–Crippen MR) is 98.1 cm³/mol. The molecular formula is C19H20N4O2. The molecule has 2 aromatic carbocycles. The fourth-order valence-electron chi connectivity index (χ4n) is 2.30. The van der Waals surface area contributed by atoms with Gasteiger partial charge in [0.05, 0.1) is 25.2 Å². The molecule has 0 amide bonds. The van der Waals surface area contributed by atoms with Gasteiger partial charge in [-0.25, -0.2) is 9.66 Å². The van der Waals surface area contributed by atoms with Gasteiger partial charge in [-0.3, -0.25) is 0 Å². The molecule has 0 saturated heterocycles. The Morgan fingerprint density at radius 2 is 1.96 bits per heavy atom. The fraction of sp³-hybridized carbons (Fsp3) is 0.158. The minimum Gasteiger partial charge on any atom is -0.497 e. The Morgan fingerprint density at radius 3 is 2.64 bits per heavy atom. The second-order valence-electron chi connectivity index (χ2n) is 5.54. The first kappa shape index (κ1) is 16.6. The number of aromatic nitrogens is 2. The number of imidazole rings is 1. The Kier molecular flexibility index (Phi) is 4.99. The first-order valence-electron chi connectivity index (χ1n) is 7.85. The third-order valence-corrected chi connectivity index (χ3v) is 3.59. The quantitative estimate of drug-likeness (QED) is 0.701. The highest BCUT2D eigenvalue weighted by molar-refractivity contribution is 5.79. The summed E-state index contributed by atoms with van der Waals surface area (Å²) in [7, 11) is 1.65. The first-order chi connectivity index (χ1) is 12.1. The number of ether oxygens (including phenoxy) is 2. The molecule has 3 rings (SSSR count). The molecule has 6 nitrogen and oxygen atoms in total. The normalized spacial score (nSPS) is 11.0. The van der Waals surface area contributed by atoms with Crippen LogP contribution in [0.2, 0.25) is 0 Å². The van der Waals surface area contributed by atoms with E-state index in [1.165, 1.54) is 0 Å². The minimum atomic E-state index is 0.368. The Morgan fingerprint density at radius 1 is 1.16 bits per heavy atom. The molecular weight excluding hydrogens is 316 g/mol. The zero-order valence-corrected chi connectivity index (χ0v) is 14.2. The van der Waals surface area contributed by atoms with Crippen LogP contribution in [0.5, 0.6) is 11.5 Å². The maximum absolute atomic E-state index is 5.80. The van der Waals surface area contributed by atoms with Crippen molar-refractivity contribution in [1.82, 2.24) is 9.66 Å². The molecule has 1 heterocycles. The average molecular weight is 336 g/mol. The third kappa shape index (κ3) is 4.38. The van der Waals surface area contributed by atoms with Crippen LogP contribution in [0.4, 0.5) is 5.95 Å². The summed E-state index contributed by atoms with van der Waals surface area (Å²) in [6.07, 6.45) is 3.50. The highest BCUT2D eigenvalue weighted by Crippen LogP contribution is 2.17. The summed E-state index contributed by atoms with van der Waals surface area (Å²) in [6, 6.07) is 15.5. The van der Waals surface area contributed by atoms with E-state index in [1.54, 1.807) is 24.2 Å². The average Bonchev–Trinajstić information content (AvgIpc) is 2.96. The van der Waals surface area contributed by atoms with Gasteiger partial charge in [0, 0.05) is 0 Å². The molecule has 1 aromatic heterocycles. The molecule has 0 atom stereocenters. The summed E-state index contributed by atoms with van der Waals surface area (Å²) < 4.78 is 12.6. The van der Waals surface area contributed by atoms with Gasteiger partial charge in [0.15, 0.2) is 0 Å². The summed E-state index contributed by atoms with van der Waals surface area (Å²) in [4.78, 5) is 4.10. The van der Waals surface area contributed by atoms with E-state index < -0.39 is 0 Å². The van der Waals surface area contributed by atoms with E-state index in [2.05, 4.69) is 10.1 Å². The monoisotopic (exact) mass is 336 g/mol. The molecule has 0 saturated carbocycles. The van der Waals surface area contributed by atoms with Crippen molar-refractivity contribution in [2.24, 2.45) is 5.10 Å². The van der Waals surface area contributed by atoms with E-state index in [1.807, 2.05) is 55.5 Å². The van der Waals surface area contributed by atoms with Crippen LogP contribution < -0.4 is 15.2 Å². The predicted octanol–water partition coefficient (Wildman–Crippen LogP) is 3.24. The molecule has 0 radical (unpaired) electrons. The number of nitrogens with zero attached hydrogens (tertiary/aromatic N) is 3. The van der Waals surface area contributed by atoms with Crippen LogP contribution in [0.25, 0.3) is 0 Å². The zero-order chi connectivity index (χ0) is 17.6. The van der Waals surface area contributed by atoms with Crippen LogP contribution in [-0.2, 0) is 6.61 Å². The molecule has 0 spiro atoms. The second-order valence-corrected chi connectivity index (χ2v) is 5.54. The van der Waals surface area contributed by atoms with Gasteiger partial charge in [0.1, 0.15) is 18.1 Å². The topological polar surface area (TPSA) is 74.7 Å². The van der Waals surface area contributed by atoms with Gasteiger partial charge < -0.3 is 15.2 Å². The summed E-state index contributed by atoms with van der Waals surface area (Å²) in [5, 5.41) is 4.29. The highest BCUT2D eigenvalue weighted by Gasteiger charge is 2.00.